The van der Waals surface area contributed by atoms with Gasteiger partial charge in [0.25, 0.3) is 0 Å². The summed E-state index contributed by atoms with van der Waals surface area (Å²) in [5.41, 5.74) is 10.6. The van der Waals surface area contributed by atoms with Gasteiger partial charge in [-0.1, -0.05) is 30.4 Å². The molecule has 1 aliphatic rings. The molecule has 102 valence electrons. The molecular formula is C17H17NOS. The van der Waals surface area contributed by atoms with E-state index < -0.39 is 0 Å². The first-order valence-electron chi connectivity index (χ1n) is 6.86. The Hall–Kier alpha value is -1.87. The smallest absolute Gasteiger partial charge is 0.119 e. The minimum absolute atomic E-state index is 0.412. The Balaban J connectivity index is 1.65. The van der Waals surface area contributed by atoms with E-state index in [1.807, 2.05) is 24.3 Å². The molecule has 20 heavy (non-hydrogen) atoms. The maximum atomic E-state index is 5.80. The number of nitrogens with two attached hydrogens (primary N) is 1. The van der Waals surface area contributed by atoms with E-state index in [2.05, 4.69) is 18.2 Å². The van der Waals surface area contributed by atoms with Gasteiger partial charge in [0.15, 0.2) is 0 Å². The van der Waals surface area contributed by atoms with Crippen molar-refractivity contribution in [2.45, 2.75) is 25.9 Å². The number of hydrogen-bond donors (Lipinski definition) is 1. The molecule has 0 spiro atoms. The van der Waals surface area contributed by atoms with Crippen LogP contribution in [0.15, 0.2) is 42.5 Å². The summed E-state index contributed by atoms with van der Waals surface area (Å²) < 4.78 is 5.80. The van der Waals surface area contributed by atoms with E-state index >= 15 is 0 Å². The first-order valence-corrected chi connectivity index (χ1v) is 7.26. The van der Waals surface area contributed by atoms with E-state index in [-0.39, 0.29) is 0 Å². The van der Waals surface area contributed by atoms with E-state index in [0.717, 1.165) is 11.3 Å². The lowest BCUT2D eigenvalue weighted by Crippen LogP contribution is -2.08. The Bertz CT molecular complexity index is 634. The average Bonchev–Trinajstić information content (AvgIpc) is 2.93. The zero-order valence-electron chi connectivity index (χ0n) is 11.3. The topological polar surface area (TPSA) is 35.2 Å². The third kappa shape index (κ3) is 2.83. The molecule has 2 nitrogen and oxygen atoms in total. The Morgan fingerprint density at radius 3 is 2.55 bits per heavy atom. The molecule has 2 aromatic carbocycles. The minimum atomic E-state index is 0.412. The van der Waals surface area contributed by atoms with Crippen molar-refractivity contribution in [3.63, 3.8) is 0 Å². The molecule has 0 aliphatic heterocycles. The average molecular weight is 283 g/mol. The van der Waals surface area contributed by atoms with Gasteiger partial charge in [-0.15, -0.1) is 0 Å². The van der Waals surface area contributed by atoms with Crippen molar-refractivity contribution in [3.05, 3.63) is 64.7 Å². The normalized spacial score (nSPS) is 13.0. The Kier molecular flexibility index (Phi) is 3.70. The highest BCUT2D eigenvalue weighted by Gasteiger charge is 2.10. The summed E-state index contributed by atoms with van der Waals surface area (Å²) >= 11 is 4.93. The van der Waals surface area contributed by atoms with Gasteiger partial charge in [0.2, 0.25) is 0 Å². The van der Waals surface area contributed by atoms with Crippen LogP contribution in [0.2, 0.25) is 0 Å². The van der Waals surface area contributed by atoms with Crippen LogP contribution in [0.1, 0.15) is 28.7 Å². The van der Waals surface area contributed by atoms with Crippen LogP contribution >= 0.6 is 12.2 Å². The molecule has 0 unspecified atom stereocenters. The Labute approximate surface area is 124 Å². The van der Waals surface area contributed by atoms with Crippen molar-refractivity contribution in [2.24, 2.45) is 5.73 Å². The number of fused-ring (bicyclic) bond motifs is 1. The number of thiocarbonyl (C=S) groups is 1. The largest absolute Gasteiger partial charge is 0.489 e. The van der Waals surface area contributed by atoms with Crippen LogP contribution in [-0.4, -0.2) is 4.99 Å². The molecular weight excluding hydrogens is 266 g/mol. The van der Waals surface area contributed by atoms with Gasteiger partial charge >= 0.3 is 0 Å². The van der Waals surface area contributed by atoms with Crippen LogP contribution in [0.25, 0.3) is 0 Å². The number of benzene rings is 2. The number of rotatable bonds is 4. The van der Waals surface area contributed by atoms with Crippen LogP contribution in [0.3, 0.4) is 0 Å². The van der Waals surface area contributed by atoms with Crippen molar-refractivity contribution in [3.8, 4) is 5.75 Å². The summed E-state index contributed by atoms with van der Waals surface area (Å²) in [4.78, 5) is 0.412. The molecule has 3 rings (SSSR count). The van der Waals surface area contributed by atoms with Crippen molar-refractivity contribution >= 4 is 17.2 Å². The van der Waals surface area contributed by atoms with Gasteiger partial charge in [-0.3, -0.25) is 0 Å². The van der Waals surface area contributed by atoms with E-state index in [1.54, 1.807) is 0 Å². The van der Waals surface area contributed by atoms with Gasteiger partial charge in [-0.05, 0) is 60.2 Å². The lowest BCUT2D eigenvalue weighted by atomic mass is 10.1. The third-order valence-corrected chi connectivity index (χ3v) is 3.94. The number of hydrogen-bond acceptors (Lipinski definition) is 2. The number of aryl methyl sites for hydroxylation is 2. The predicted molar refractivity (Wildman–Crippen MR) is 85.1 cm³/mol. The zero-order valence-corrected chi connectivity index (χ0v) is 12.1. The van der Waals surface area contributed by atoms with E-state index in [0.29, 0.717) is 11.6 Å². The predicted octanol–water partition coefficient (Wildman–Crippen LogP) is 3.39. The van der Waals surface area contributed by atoms with Crippen LogP contribution in [0.4, 0.5) is 0 Å². The quantitative estimate of drug-likeness (QED) is 0.874. The van der Waals surface area contributed by atoms with E-state index in [4.69, 9.17) is 22.7 Å². The third-order valence-electron chi connectivity index (χ3n) is 3.71. The molecule has 0 amide bonds. The summed E-state index contributed by atoms with van der Waals surface area (Å²) in [5.74, 6) is 0.838. The second-order valence-electron chi connectivity index (χ2n) is 5.13. The molecule has 0 bridgehead atoms. The maximum Gasteiger partial charge on any atom is 0.119 e. The highest BCUT2D eigenvalue weighted by molar-refractivity contribution is 7.80. The fourth-order valence-corrected chi connectivity index (χ4v) is 2.73. The lowest BCUT2D eigenvalue weighted by molar-refractivity contribution is 0.306. The molecule has 0 fully saturated rings. The van der Waals surface area contributed by atoms with Crippen LogP contribution in [0.5, 0.6) is 5.75 Å². The summed E-state index contributed by atoms with van der Waals surface area (Å²) in [7, 11) is 0. The molecule has 0 aromatic heterocycles. The van der Waals surface area contributed by atoms with Gasteiger partial charge in [-0.2, -0.15) is 0 Å². The van der Waals surface area contributed by atoms with Crippen LogP contribution in [-0.2, 0) is 19.4 Å². The molecule has 0 saturated heterocycles. The standard InChI is InChI=1S/C17H17NOS/c18-17(20)14-6-8-16(9-7-14)19-11-12-4-5-13-2-1-3-15(13)10-12/h4-10H,1-3,11H2,(H2,18,20). The lowest BCUT2D eigenvalue weighted by Gasteiger charge is -2.08. The fourth-order valence-electron chi connectivity index (χ4n) is 2.60. The minimum Gasteiger partial charge on any atom is -0.489 e. The van der Waals surface area contributed by atoms with E-state index in [9.17, 15) is 0 Å². The first kappa shape index (κ1) is 13.1. The van der Waals surface area contributed by atoms with Crippen molar-refractivity contribution < 1.29 is 4.74 Å². The SMILES string of the molecule is NC(=S)c1ccc(OCc2ccc3c(c2)CCC3)cc1. The van der Waals surface area contributed by atoms with Gasteiger partial charge in [0.1, 0.15) is 17.3 Å². The number of ether oxygens (including phenoxy) is 1. The van der Waals surface area contributed by atoms with E-state index in [1.165, 1.54) is 36.0 Å². The second-order valence-corrected chi connectivity index (χ2v) is 5.57. The summed E-state index contributed by atoms with van der Waals surface area (Å²) in [6, 6.07) is 14.3. The Morgan fingerprint density at radius 1 is 1.05 bits per heavy atom. The molecule has 0 atom stereocenters. The van der Waals surface area contributed by atoms with Gasteiger partial charge in [0, 0.05) is 5.56 Å². The first-order chi connectivity index (χ1) is 9.72. The van der Waals surface area contributed by atoms with Crippen molar-refractivity contribution in [1.82, 2.24) is 0 Å². The molecule has 0 heterocycles. The summed E-state index contributed by atoms with van der Waals surface area (Å²) in [5, 5.41) is 0. The molecule has 3 heteroatoms. The summed E-state index contributed by atoms with van der Waals surface area (Å²) in [6.45, 7) is 0.597. The van der Waals surface area contributed by atoms with Gasteiger partial charge in [0.05, 0.1) is 0 Å². The Morgan fingerprint density at radius 2 is 1.80 bits per heavy atom. The highest BCUT2D eigenvalue weighted by Crippen LogP contribution is 2.23. The molecule has 0 saturated carbocycles. The van der Waals surface area contributed by atoms with Crippen molar-refractivity contribution in [1.29, 1.82) is 0 Å². The fraction of sp³-hybridized carbons (Fsp3) is 0.235. The van der Waals surface area contributed by atoms with Gasteiger partial charge < -0.3 is 10.5 Å². The highest BCUT2D eigenvalue weighted by atomic mass is 32.1. The second kappa shape index (κ2) is 5.63. The van der Waals surface area contributed by atoms with Gasteiger partial charge in [-0.25, -0.2) is 0 Å². The molecule has 1 aliphatic carbocycles. The maximum absolute atomic E-state index is 5.80. The van der Waals surface area contributed by atoms with Crippen molar-refractivity contribution in [2.75, 3.05) is 0 Å². The monoisotopic (exact) mass is 283 g/mol. The zero-order chi connectivity index (χ0) is 13.9. The molecule has 0 radical (unpaired) electrons. The summed E-state index contributed by atoms with van der Waals surface area (Å²) in [6.07, 6.45) is 3.70. The van der Waals surface area contributed by atoms with Crippen LogP contribution < -0.4 is 10.5 Å². The molecule has 2 aromatic rings. The molecule has 2 N–H and O–H groups in total. The van der Waals surface area contributed by atoms with Crippen LogP contribution in [0, 0.1) is 0 Å².